The van der Waals surface area contributed by atoms with Crippen LogP contribution in [0.15, 0.2) is 11.6 Å². The Hall–Kier alpha value is -0.450. The molecule has 0 aliphatic carbocycles. The van der Waals surface area contributed by atoms with Gasteiger partial charge in [-0.2, -0.15) is 0 Å². The van der Waals surface area contributed by atoms with E-state index in [0.29, 0.717) is 11.5 Å². The van der Waals surface area contributed by atoms with E-state index in [1.54, 1.807) is 11.3 Å². The molecule has 1 aliphatic rings. The molecule has 1 aromatic heterocycles. The number of nitrogens with zero attached hydrogens (tertiary/aromatic N) is 2. The van der Waals surface area contributed by atoms with Gasteiger partial charge in [-0.3, -0.25) is 4.90 Å². The Morgan fingerprint density at radius 1 is 1.40 bits per heavy atom. The van der Waals surface area contributed by atoms with E-state index in [4.69, 9.17) is 0 Å². The number of aromatic nitrogens is 1. The number of hydrogen-bond donors (Lipinski definition) is 1. The molecule has 1 aliphatic heterocycles. The Morgan fingerprint density at radius 2 is 2.10 bits per heavy atom. The number of rotatable bonds is 4. The maximum Gasteiger partial charge on any atom is 0.107 e. The molecule has 2 rings (SSSR count). The zero-order valence-electron chi connectivity index (χ0n) is 13.6. The second-order valence-electron chi connectivity index (χ2n) is 7.04. The van der Waals surface area contributed by atoms with Crippen LogP contribution in [-0.2, 0) is 6.54 Å². The van der Waals surface area contributed by atoms with Crippen molar-refractivity contribution in [2.75, 3.05) is 13.1 Å². The molecule has 4 heteroatoms. The molecule has 1 aromatic rings. The molecule has 0 saturated carbocycles. The van der Waals surface area contributed by atoms with Crippen LogP contribution in [0.4, 0.5) is 0 Å². The molecular formula is C16H29N3S. The zero-order valence-corrected chi connectivity index (χ0v) is 14.4. The van der Waals surface area contributed by atoms with E-state index in [2.05, 4.69) is 55.2 Å². The molecule has 20 heavy (non-hydrogen) atoms. The second kappa shape index (κ2) is 6.12. The van der Waals surface area contributed by atoms with Crippen molar-refractivity contribution in [3.05, 3.63) is 16.6 Å². The van der Waals surface area contributed by atoms with Crippen LogP contribution in [0.3, 0.4) is 0 Å². The summed E-state index contributed by atoms with van der Waals surface area (Å²) < 4.78 is 0. The summed E-state index contributed by atoms with van der Waals surface area (Å²) in [5.74, 6) is 0. The fourth-order valence-corrected chi connectivity index (χ4v) is 3.79. The van der Waals surface area contributed by atoms with E-state index in [1.807, 2.05) is 6.20 Å². The fourth-order valence-electron chi connectivity index (χ4n) is 3.16. The predicted octanol–water partition coefficient (Wildman–Crippen LogP) is 3.52. The first-order chi connectivity index (χ1) is 9.41. The summed E-state index contributed by atoms with van der Waals surface area (Å²) >= 11 is 1.77. The summed E-state index contributed by atoms with van der Waals surface area (Å²) in [6.07, 6.45) is 4.31. The van der Waals surface area contributed by atoms with Gasteiger partial charge in [0.2, 0.25) is 0 Å². The van der Waals surface area contributed by atoms with Crippen molar-refractivity contribution in [2.24, 2.45) is 5.41 Å². The Bertz CT molecular complexity index is 404. The standard InChI is InChI=1S/C16H29N3S/c1-6-16(7-2)12-18-13(15(3,4)5)10-19(16)11-14-17-8-9-20-14/h8-9,13,18H,6-7,10-12H2,1-5H3. The molecule has 2 heterocycles. The molecule has 1 unspecified atom stereocenters. The summed E-state index contributed by atoms with van der Waals surface area (Å²) in [7, 11) is 0. The molecule has 3 nitrogen and oxygen atoms in total. The summed E-state index contributed by atoms with van der Waals surface area (Å²) in [5, 5.41) is 7.13. The first-order valence-corrected chi connectivity index (χ1v) is 8.66. The van der Waals surface area contributed by atoms with Crippen LogP contribution < -0.4 is 5.32 Å². The van der Waals surface area contributed by atoms with Crippen LogP contribution in [-0.4, -0.2) is 34.6 Å². The molecule has 1 atom stereocenters. The Labute approximate surface area is 127 Å². The van der Waals surface area contributed by atoms with Gasteiger partial charge in [0.05, 0.1) is 6.54 Å². The molecule has 1 N–H and O–H groups in total. The summed E-state index contributed by atoms with van der Waals surface area (Å²) in [5.41, 5.74) is 0.586. The molecule has 114 valence electrons. The SMILES string of the molecule is CCC1(CC)CNC(C(C)(C)C)CN1Cc1nccs1. The molecule has 0 bridgehead atoms. The number of hydrogen-bond acceptors (Lipinski definition) is 4. The van der Waals surface area contributed by atoms with Crippen LogP contribution in [0.5, 0.6) is 0 Å². The number of thiazole rings is 1. The van der Waals surface area contributed by atoms with Crippen LogP contribution in [0.1, 0.15) is 52.5 Å². The van der Waals surface area contributed by atoms with Crippen molar-refractivity contribution in [3.8, 4) is 0 Å². The van der Waals surface area contributed by atoms with Gasteiger partial charge in [-0.05, 0) is 18.3 Å². The van der Waals surface area contributed by atoms with Crippen molar-refractivity contribution in [1.29, 1.82) is 0 Å². The third-order valence-corrected chi connectivity index (χ3v) is 5.69. The van der Waals surface area contributed by atoms with E-state index in [0.717, 1.165) is 19.6 Å². The van der Waals surface area contributed by atoms with E-state index in [9.17, 15) is 0 Å². The molecule has 1 saturated heterocycles. The molecular weight excluding hydrogens is 266 g/mol. The third kappa shape index (κ3) is 3.23. The van der Waals surface area contributed by atoms with Crippen molar-refractivity contribution in [3.63, 3.8) is 0 Å². The average Bonchev–Trinajstić information content (AvgIpc) is 2.91. The lowest BCUT2D eigenvalue weighted by atomic mass is 9.80. The first-order valence-electron chi connectivity index (χ1n) is 7.78. The summed E-state index contributed by atoms with van der Waals surface area (Å²) in [6.45, 7) is 14.8. The minimum Gasteiger partial charge on any atom is -0.310 e. The van der Waals surface area contributed by atoms with Crippen LogP contribution in [0, 0.1) is 5.41 Å². The van der Waals surface area contributed by atoms with Gasteiger partial charge in [0, 0.05) is 36.2 Å². The van der Waals surface area contributed by atoms with Crippen LogP contribution in [0.2, 0.25) is 0 Å². The van der Waals surface area contributed by atoms with Gasteiger partial charge < -0.3 is 5.32 Å². The third-order valence-electron chi connectivity index (χ3n) is 4.92. The number of nitrogens with one attached hydrogen (secondary N) is 1. The van der Waals surface area contributed by atoms with Gasteiger partial charge >= 0.3 is 0 Å². The minimum absolute atomic E-state index is 0.285. The fraction of sp³-hybridized carbons (Fsp3) is 0.812. The molecule has 0 aromatic carbocycles. The monoisotopic (exact) mass is 295 g/mol. The molecule has 0 amide bonds. The highest BCUT2D eigenvalue weighted by Gasteiger charge is 2.41. The van der Waals surface area contributed by atoms with Gasteiger partial charge in [0.15, 0.2) is 0 Å². The van der Waals surface area contributed by atoms with E-state index < -0.39 is 0 Å². The highest BCUT2D eigenvalue weighted by molar-refractivity contribution is 7.09. The van der Waals surface area contributed by atoms with Gasteiger partial charge in [-0.15, -0.1) is 11.3 Å². The van der Waals surface area contributed by atoms with Crippen molar-refractivity contribution < 1.29 is 0 Å². The zero-order chi connectivity index (χ0) is 14.8. The quantitative estimate of drug-likeness (QED) is 0.921. The summed E-state index contributed by atoms with van der Waals surface area (Å²) in [6, 6.07) is 0.550. The average molecular weight is 295 g/mol. The molecule has 1 fully saturated rings. The maximum absolute atomic E-state index is 4.49. The molecule has 0 spiro atoms. The maximum atomic E-state index is 4.49. The Kier molecular flexibility index (Phi) is 4.88. The lowest BCUT2D eigenvalue weighted by Gasteiger charge is -2.52. The minimum atomic E-state index is 0.285. The van der Waals surface area contributed by atoms with Gasteiger partial charge in [0.1, 0.15) is 5.01 Å². The first kappa shape index (κ1) is 15.9. The molecule has 0 radical (unpaired) electrons. The normalized spacial score (nSPS) is 23.9. The van der Waals surface area contributed by atoms with Crippen molar-refractivity contribution in [2.45, 2.75) is 65.6 Å². The van der Waals surface area contributed by atoms with Crippen molar-refractivity contribution in [1.82, 2.24) is 15.2 Å². The van der Waals surface area contributed by atoms with Gasteiger partial charge in [-0.1, -0.05) is 34.6 Å². The Morgan fingerprint density at radius 3 is 2.60 bits per heavy atom. The van der Waals surface area contributed by atoms with Gasteiger partial charge in [-0.25, -0.2) is 4.98 Å². The lowest BCUT2D eigenvalue weighted by Crippen LogP contribution is -2.66. The topological polar surface area (TPSA) is 28.2 Å². The second-order valence-corrected chi connectivity index (χ2v) is 8.02. The lowest BCUT2D eigenvalue weighted by molar-refractivity contribution is 0.00142. The van der Waals surface area contributed by atoms with Crippen LogP contribution in [0.25, 0.3) is 0 Å². The number of piperazine rings is 1. The largest absolute Gasteiger partial charge is 0.310 e. The van der Waals surface area contributed by atoms with E-state index >= 15 is 0 Å². The smallest absolute Gasteiger partial charge is 0.107 e. The van der Waals surface area contributed by atoms with E-state index in [-0.39, 0.29) is 5.54 Å². The highest BCUT2D eigenvalue weighted by Crippen LogP contribution is 2.33. The Balaban J connectivity index is 2.19. The van der Waals surface area contributed by atoms with Crippen molar-refractivity contribution >= 4 is 11.3 Å². The van der Waals surface area contributed by atoms with Gasteiger partial charge in [0.25, 0.3) is 0 Å². The summed E-state index contributed by atoms with van der Waals surface area (Å²) in [4.78, 5) is 7.17. The van der Waals surface area contributed by atoms with Crippen LogP contribution >= 0.6 is 11.3 Å². The highest BCUT2D eigenvalue weighted by atomic mass is 32.1. The predicted molar refractivity (Wildman–Crippen MR) is 87.1 cm³/mol. The van der Waals surface area contributed by atoms with E-state index in [1.165, 1.54) is 17.8 Å².